The van der Waals surface area contributed by atoms with E-state index in [9.17, 15) is 4.39 Å². The third kappa shape index (κ3) is 1.62. The van der Waals surface area contributed by atoms with E-state index in [1.54, 1.807) is 13.2 Å². The first kappa shape index (κ1) is 10.8. The molecule has 0 spiro atoms. The number of benzene rings is 2. The highest BCUT2D eigenvalue weighted by atomic mass is 19.1. The van der Waals surface area contributed by atoms with Gasteiger partial charge < -0.3 is 4.74 Å². The zero-order chi connectivity index (χ0) is 12.5. The molecule has 3 nitrogen and oxygen atoms in total. The van der Waals surface area contributed by atoms with Gasteiger partial charge in [-0.1, -0.05) is 12.1 Å². The second-order valence-electron chi connectivity index (χ2n) is 3.96. The van der Waals surface area contributed by atoms with Crippen LogP contribution in [-0.4, -0.2) is 17.3 Å². The van der Waals surface area contributed by atoms with Crippen LogP contribution in [0.25, 0.3) is 22.2 Å². The predicted octanol–water partition coefficient (Wildman–Crippen LogP) is 3.38. The number of aromatic amines is 1. The first-order chi connectivity index (χ1) is 8.79. The highest BCUT2D eigenvalue weighted by molar-refractivity contribution is 5.93. The maximum Gasteiger partial charge on any atom is 0.148 e. The zero-order valence-electron chi connectivity index (χ0n) is 9.77. The minimum Gasteiger partial charge on any atom is -0.497 e. The molecule has 18 heavy (non-hydrogen) atoms. The largest absolute Gasteiger partial charge is 0.497 e. The molecule has 0 amide bonds. The Labute approximate surface area is 103 Å². The molecule has 0 aliphatic heterocycles. The zero-order valence-corrected chi connectivity index (χ0v) is 9.77. The van der Waals surface area contributed by atoms with Crippen molar-refractivity contribution in [3.63, 3.8) is 0 Å². The van der Waals surface area contributed by atoms with Gasteiger partial charge in [0.05, 0.1) is 7.11 Å². The summed E-state index contributed by atoms with van der Waals surface area (Å²) in [5.41, 5.74) is 2.10. The van der Waals surface area contributed by atoms with Crippen LogP contribution in [0.5, 0.6) is 5.75 Å². The van der Waals surface area contributed by atoms with E-state index in [1.807, 2.05) is 30.3 Å². The Balaban J connectivity index is 2.16. The van der Waals surface area contributed by atoms with Gasteiger partial charge in [0, 0.05) is 10.9 Å². The van der Waals surface area contributed by atoms with Crippen LogP contribution in [0.15, 0.2) is 42.5 Å². The third-order valence-corrected chi connectivity index (χ3v) is 2.91. The van der Waals surface area contributed by atoms with Crippen LogP contribution in [0.1, 0.15) is 0 Å². The van der Waals surface area contributed by atoms with E-state index < -0.39 is 0 Å². The number of para-hydroxylation sites is 1. The molecule has 1 aromatic heterocycles. The van der Waals surface area contributed by atoms with Crippen LogP contribution in [-0.2, 0) is 0 Å². The van der Waals surface area contributed by atoms with Gasteiger partial charge in [0.15, 0.2) is 0 Å². The average Bonchev–Trinajstić information content (AvgIpc) is 2.84. The molecule has 0 radical (unpaired) electrons. The minimum absolute atomic E-state index is 0.292. The van der Waals surface area contributed by atoms with Gasteiger partial charge in [0.25, 0.3) is 0 Å². The number of methoxy groups -OCH3 is 1. The van der Waals surface area contributed by atoms with Gasteiger partial charge in [0.1, 0.15) is 22.8 Å². The van der Waals surface area contributed by atoms with Crippen molar-refractivity contribution in [3.05, 3.63) is 48.3 Å². The van der Waals surface area contributed by atoms with E-state index in [0.717, 1.165) is 22.4 Å². The van der Waals surface area contributed by atoms with Gasteiger partial charge in [-0.05, 0) is 30.3 Å². The van der Waals surface area contributed by atoms with Gasteiger partial charge in [-0.15, -0.1) is 0 Å². The van der Waals surface area contributed by atoms with E-state index in [4.69, 9.17) is 4.74 Å². The molecule has 0 saturated heterocycles. The highest BCUT2D eigenvalue weighted by Crippen LogP contribution is 2.28. The number of halogens is 1. The molecule has 0 aliphatic carbocycles. The molecule has 0 aliphatic rings. The van der Waals surface area contributed by atoms with E-state index in [1.165, 1.54) is 6.07 Å². The Morgan fingerprint density at radius 3 is 2.61 bits per heavy atom. The van der Waals surface area contributed by atoms with Crippen molar-refractivity contribution in [2.75, 3.05) is 7.11 Å². The molecule has 1 heterocycles. The third-order valence-electron chi connectivity index (χ3n) is 2.91. The summed E-state index contributed by atoms with van der Waals surface area (Å²) in [5.74, 6) is 0.490. The smallest absolute Gasteiger partial charge is 0.148 e. The van der Waals surface area contributed by atoms with Crippen molar-refractivity contribution in [1.82, 2.24) is 10.2 Å². The van der Waals surface area contributed by atoms with Gasteiger partial charge in [0.2, 0.25) is 0 Å². The fourth-order valence-corrected chi connectivity index (χ4v) is 1.98. The summed E-state index contributed by atoms with van der Waals surface area (Å²) in [6.07, 6.45) is 0. The summed E-state index contributed by atoms with van der Waals surface area (Å²) in [5, 5.41) is 7.68. The van der Waals surface area contributed by atoms with Crippen molar-refractivity contribution < 1.29 is 9.13 Å². The van der Waals surface area contributed by atoms with Gasteiger partial charge in [-0.3, -0.25) is 5.10 Å². The molecule has 0 bridgehead atoms. The number of nitrogens with one attached hydrogen (secondary N) is 1. The fraction of sp³-hybridized carbons (Fsp3) is 0.0714. The van der Waals surface area contributed by atoms with Gasteiger partial charge >= 0.3 is 0 Å². The van der Waals surface area contributed by atoms with Gasteiger partial charge in [-0.25, -0.2) is 4.39 Å². The molecule has 0 fully saturated rings. The van der Waals surface area contributed by atoms with Crippen LogP contribution in [0.4, 0.5) is 4.39 Å². The Morgan fingerprint density at radius 2 is 1.89 bits per heavy atom. The second-order valence-corrected chi connectivity index (χ2v) is 3.96. The molecule has 4 heteroatoms. The molecule has 3 aromatic rings. The molecule has 1 N–H and O–H groups in total. The van der Waals surface area contributed by atoms with E-state index in [0.29, 0.717) is 5.52 Å². The Kier molecular flexibility index (Phi) is 2.48. The van der Waals surface area contributed by atoms with Crippen molar-refractivity contribution in [1.29, 1.82) is 0 Å². The Hall–Kier alpha value is -2.36. The summed E-state index contributed by atoms with van der Waals surface area (Å²) in [6.45, 7) is 0. The maximum absolute atomic E-state index is 13.5. The molecule has 0 unspecified atom stereocenters. The number of nitrogens with zero attached hydrogens (tertiary/aromatic N) is 1. The average molecular weight is 242 g/mol. The van der Waals surface area contributed by atoms with E-state index >= 15 is 0 Å². The number of fused-ring (bicyclic) bond motifs is 1. The Morgan fingerprint density at radius 1 is 1.11 bits per heavy atom. The summed E-state index contributed by atoms with van der Waals surface area (Å²) in [7, 11) is 1.62. The SMILES string of the molecule is COc1ccc(-c2n[nH]c3c(F)cccc23)cc1. The van der Waals surface area contributed by atoms with Crippen molar-refractivity contribution in [2.24, 2.45) is 0 Å². The van der Waals surface area contributed by atoms with Crippen LogP contribution in [0.3, 0.4) is 0 Å². The lowest BCUT2D eigenvalue weighted by Crippen LogP contribution is -1.83. The molecule has 90 valence electrons. The summed E-state index contributed by atoms with van der Waals surface area (Å²) in [4.78, 5) is 0. The minimum atomic E-state index is -0.292. The molecular formula is C14H11FN2O. The first-order valence-corrected chi connectivity index (χ1v) is 5.56. The molecular weight excluding hydrogens is 231 g/mol. The quantitative estimate of drug-likeness (QED) is 0.748. The number of ether oxygens (including phenoxy) is 1. The topological polar surface area (TPSA) is 37.9 Å². The number of aromatic nitrogens is 2. The van der Waals surface area contributed by atoms with Crippen LogP contribution < -0.4 is 4.74 Å². The number of hydrogen-bond acceptors (Lipinski definition) is 2. The van der Waals surface area contributed by atoms with Crippen molar-refractivity contribution in [2.45, 2.75) is 0 Å². The molecule has 2 aromatic carbocycles. The number of hydrogen-bond donors (Lipinski definition) is 1. The molecule has 0 saturated carbocycles. The molecule has 0 atom stereocenters. The molecule has 3 rings (SSSR count). The number of H-pyrrole nitrogens is 1. The van der Waals surface area contributed by atoms with Gasteiger partial charge in [-0.2, -0.15) is 5.10 Å². The fourth-order valence-electron chi connectivity index (χ4n) is 1.98. The summed E-state index contributed by atoms with van der Waals surface area (Å²) < 4.78 is 18.6. The lowest BCUT2D eigenvalue weighted by atomic mass is 10.1. The Bertz CT molecular complexity index is 689. The van der Waals surface area contributed by atoms with E-state index in [-0.39, 0.29) is 5.82 Å². The van der Waals surface area contributed by atoms with E-state index in [2.05, 4.69) is 10.2 Å². The van der Waals surface area contributed by atoms with Crippen LogP contribution >= 0.6 is 0 Å². The maximum atomic E-state index is 13.5. The lowest BCUT2D eigenvalue weighted by molar-refractivity contribution is 0.415. The standard InChI is InChI=1S/C14H11FN2O/c1-18-10-7-5-9(6-8-10)13-11-3-2-4-12(15)14(11)17-16-13/h2-8H,1H3,(H,16,17). The summed E-state index contributed by atoms with van der Waals surface area (Å²) >= 11 is 0. The lowest BCUT2D eigenvalue weighted by Gasteiger charge is -2.01. The normalized spacial score (nSPS) is 10.8. The monoisotopic (exact) mass is 242 g/mol. The summed E-state index contributed by atoms with van der Waals surface area (Å²) in [6, 6.07) is 12.5. The predicted molar refractivity (Wildman–Crippen MR) is 68.0 cm³/mol. The van der Waals surface area contributed by atoms with Crippen LogP contribution in [0.2, 0.25) is 0 Å². The highest BCUT2D eigenvalue weighted by Gasteiger charge is 2.10. The number of rotatable bonds is 2. The van der Waals surface area contributed by atoms with Crippen molar-refractivity contribution >= 4 is 10.9 Å². The van der Waals surface area contributed by atoms with Crippen LogP contribution in [0, 0.1) is 5.82 Å². The first-order valence-electron chi connectivity index (χ1n) is 5.56. The second kappa shape index (κ2) is 4.14. The van der Waals surface area contributed by atoms with Crippen molar-refractivity contribution in [3.8, 4) is 17.0 Å².